The number of benzene rings is 1. The zero-order valence-electron chi connectivity index (χ0n) is 7.75. The van der Waals surface area contributed by atoms with Crippen LogP contribution in [-0.4, -0.2) is 14.3 Å². The Labute approximate surface area is 87.6 Å². The maximum atomic E-state index is 11.1. The monoisotopic (exact) mass is 226 g/mol. The van der Waals surface area contributed by atoms with Crippen LogP contribution in [0.2, 0.25) is 0 Å². The Kier molecular flexibility index (Phi) is 3.59. The SMILES string of the molecule is NS(=O)(=O)C=CC(=O)Nc1ccccc1. The second-order valence-electron chi connectivity index (χ2n) is 2.75. The fraction of sp³-hybridized carbons (Fsp3) is 0. The number of sulfonamides is 1. The number of nitrogens with two attached hydrogens (primary N) is 1. The van der Waals surface area contributed by atoms with Gasteiger partial charge in [-0.1, -0.05) is 18.2 Å². The smallest absolute Gasteiger partial charge is 0.249 e. The zero-order valence-corrected chi connectivity index (χ0v) is 8.57. The highest BCUT2D eigenvalue weighted by Gasteiger charge is 1.99. The van der Waals surface area contributed by atoms with Gasteiger partial charge in [0.2, 0.25) is 15.9 Å². The molecule has 1 amide bonds. The van der Waals surface area contributed by atoms with Gasteiger partial charge >= 0.3 is 0 Å². The van der Waals surface area contributed by atoms with Gasteiger partial charge in [-0.2, -0.15) is 0 Å². The third-order valence-corrected chi connectivity index (χ3v) is 1.97. The minimum Gasteiger partial charge on any atom is -0.322 e. The lowest BCUT2D eigenvalue weighted by molar-refractivity contribution is -0.111. The van der Waals surface area contributed by atoms with Crippen molar-refractivity contribution in [1.82, 2.24) is 0 Å². The highest BCUT2D eigenvalue weighted by Crippen LogP contribution is 2.04. The highest BCUT2D eigenvalue weighted by molar-refractivity contribution is 7.92. The molecule has 1 rings (SSSR count). The van der Waals surface area contributed by atoms with Crippen LogP contribution in [0.25, 0.3) is 0 Å². The number of carbonyl (C=O) groups is 1. The fourth-order valence-corrected chi connectivity index (χ4v) is 1.18. The molecule has 5 nitrogen and oxygen atoms in total. The van der Waals surface area contributed by atoms with Crippen molar-refractivity contribution in [3.8, 4) is 0 Å². The number of hydrogen-bond donors (Lipinski definition) is 2. The van der Waals surface area contributed by atoms with Crippen molar-refractivity contribution in [3.63, 3.8) is 0 Å². The van der Waals surface area contributed by atoms with Gasteiger partial charge in [-0.3, -0.25) is 4.79 Å². The first-order valence-corrected chi connectivity index (χ1v) is 5.65. The number of rotatable bonds is 3. The molecule has 1 aromatic carbocycles. The summed E-state index contributed by atoms with van der Waals surface area (Å²) in [5.74, 6) is -0.546. The number of para-hydroxylation sites is 1. The minimum absolute atomic E-state index is 0.546. The van der Waals surface area contributed by atoms with Crippen LogP contribution in [0.5, 0.6) is 0 Å². The summed E-state index contributed by atoms with van der Waals surface area (Å²) >= 11 is 0. The number of primary sulfonamides is 1. The van der Waals surface area contributed by atoms with E-state index in [1.165, 1.54) is 0 Å². The lowest BCUT2D eigenvalue weighted by Crippen LogP contribution is -2.11. The molecule has 0 fully saturated rings. The summed E-state index contributed by atoms with van der Waals surface area (Å²) in [7, 11) is -3.75. The van der Waals surface area contributed by atoms with E-state index < -0.39 is 15.9 Å². The van der Waals surface area contributed by atoms with Gasteiger partial charge in [-0.15, -0.1) is 0 Å². The van der Waals surface area contributed by atoms with Crippen LogP contribution in [0.4, 0.5) is 5.69 Å². The predicted molar refractivity (Wildman–Crippen MR) is 57.3 cm³/mol. The topological polar surface area (TPSA) is 89.3 Å². The summed E-state index contributed by atoms with van der Waals surface area (Å²) in [6.07, 6.45) is 0.863. The van der Waals surface area contributed by atoms with E-state index in [1.807, 2.05) is 0 Å². The molecule has 0 aromatic heterocycles. The molecule has 0 unspecified atom stereocenters. The van der Waals surface area contributed by atoms with Gasteiger partial charge in [-0.25, -0.2) is 13.6 Å². The molecule has 0 saturated carbocycles. The largest absolute Gasteiger partial charge is 0.322 e. The molecule has 0 aliphatic heterocycles. The molecular weight excluding hydrogens is 216 g/mol. The third-order valence-electron chi connectivity index (χ3n) is 1.45. The van der Waals surface area contributed by atoms with E-state index in [0.717, 1.165) is 6.08 Å². The van der Waals surface area contributed by atoms with E-state index in [2.05, 4.69) is 10.5 Å². The van der Waals surface area contributed by atoms with Gasteiger partial charge in [-0.05, 0) is 12.1 Å². The Balaban J connectivity index is 2.62. The molecule has 3 N–H and O–H groups in total. The maximum Gasteiger partial charge on any atom is 0.249 e. The van der Waals surface area contributed by atoms with Gasteiger partial charge in [0.05, 0.1) is 5.41 Å². The lowest BCUT2D eigenvalue weighted by Gasteiger charge is -1.99. The van der Waals surface area contributed by atoms with Crippen molar-refractivity contribution >= 4 is 21.6 Å². The standard InChI is InChI=1S/C9H10N2O3S/c10-15(13,14)7-6-9(12)11-8-4-2-1-3-5-8/h1-7H,(H,11,12)(H2,10,13,14). The first-order valence-electron chi connectivity index (χ1n) is 4.04. The second-order valence-corrected chi connectivity index (χ2v) is 4.20. The van der Waals surface area contributed by atoms with E-state index in [0.29, 0.717) is 11.1 Å². The first-order chi connectivity index (χ1) is 6.97. The van der Waals surface area contributed by atoms with Crippen LogP contribution in [0, 0.1) is 0 Å². The summed E-state index contributed by atoms with van der Waals surface area (Å²) in [5, 5.41) is 7.80. The van der Waals surface area contributed by atoms with Gasteiger partial charge in [0.15, 0.2) is 0 Å². The Bertz CT molecular complexity index is 465. The second kappa shape index (κ2) is 4.72. The van der Waals surface area contributed by atoms with E-state index in [-0.39, 0.29) is 0 Å². The molecule has 0 atom stereocenters. The number of nitrogens with one attached hydrogen (secondary N) is 1. The van der Waals surface area contributed by atoms with Crippen molar-refractivity contribution in [3.05, 3.63) is 41.8 Å². The molecule has 0 spiro atoms. The van der Waals surface area contributed by atoms with Gasteiger partial charge < -0.3 is 5.32 Å². The van der Waals surface area contributed by atoms with Crippen LogP contribution in [0.15, 0.2) is 41.8 Å². The van der Waals surface area contributed by atoms with Crippen molar-refractivity contribution in [2.45, 2.75) is 0 Å². The van der Waals surface area contributed by atoms with Crippen LogP contribution in [0.3, 0.4) is 0 Å². The fourth-order valence-electron chi connectivity index (χ4n) is 0.862. The third kappa shape index (κ3) is 4.94. The molecule has 15 heavy (non-hydrogen) atoms. The molecule has 0 saturated heterocycles. The van der Waals surface area contributed by atoms with Gasteiger partial charge in [0, 0.05) is 11.8 Å². The molecule has 1 aromatic rings. The van der Waals surface area contributed by atoms with Crippen LogP contribution in [0.1, 0.15) is 0 Å². The average Bonchev–Trinajstić information content (AvgIpc) is 2.15. The summed E-state index contributed by atoms with van der Waals surface area (Å²) in [6.45, 7) is 0. The first kappa shape index (κ1) is 11.4. The maximum absolute atomic E-state index is 11.1. The van der Waals surface area contributed by atoms with Crippen molar-refractivity contribution in [1.29, 1.82) is 0 Å². The van der Waals surface area contributed by atoms with Crippen LogP contribution in [-0.2, 0) is 14.8 Å². The Morgan fingerprint density at radius 3 is 2.40 bits per heavy atom. The Hall–Kier alpha value is -1.66. The summed E-state index contributed by atoms with van der Waals surface area (Å²) in [5.41, 5.74) is 0.585. The number of carbonyl (C=O) groups excluding carboxylic acids is 1. The summed E-state index contributed by atoms with van der Waals surface area (Å²) in [6, 6.07) is 8.67. The lowest BCUT2D eigenvalue weighted by atomic mass is 10.3. The van der Waals surface area contributed by atoms with Gasteiger partial charge in [0.1, 0.15) is 0 Å². The minimum atomic E-state index is -3.75. The zero-order chi connectivity index (χ0) is 11.3. The summed E-state index contributed by atoms with van der Waals surface area (Å²) in [4.78, 5) is 11.1. The Morgan fingerprint density at radius 2 is 1.87 bits per heavy atom. The van der Waals surface area contributed by atoms with Crippen molar-refractivity contribution < 1.29 is 13.2 Å². The normalized spacial score (nSPS) is 11.5. The van der Waals surface area contributed by atoms with Crippen LogP contribution >= 0.6 is 0 Å². The molecule has 0 bridgehead atoms. The van der Waals surface area contributed by atoms with Crippen molar-refractivity contribution in [2.24, 2.45) is 5.14 Å². The predicted octanol–water partition coefficient (Wildman–Crippen LogP) is 0.427. The van der Waals surface area contributed by atoms with E-state index in [4.69, 9.17) is 0 Å². The highest BCUT2D eigenvalue weighted by atomic mass is 32.2. The summed E-state index contributed by atoms with van der Waals surface area (Å²) < 4.78 is 21.0. The van der Waals surface area contributed by atoms with Crippen LogP contribution < -0.4 is 10.5 Å². The Morgan fingerprint density at radius 1 is 1.27 bits per heavy atom. The van der Waals surface area contributed by atoms with Crippen molar-refractivity contribution in [2.75, 3.05) is 5.32 Å². The van der Waals surface area contributed by atoms with E-state index in [9.17, 15) is 13.2 Å². The van der Waals surface area contributed by atoms with E-state index in [1.54, 1.807) is 30.3 Å². The molecule has 0 aliphatic rings. The molecule has 80 valence electrons. The average molecular weight is 226 g/mol. The molecule has 6 heteroatoms. The molecular formula is C9H10N2O3S. The number of amides is 1. The van der Waals surface area contributed by atoms with E-state index >= 15 is 0 Å². The molecule has 0 heterocycles. The number of hydrogen-bond acceptors (Lipinski definition) is 3. The number of anilines is 1. The quantitative estimate of drug-likeness (QED) is 0.732. The van der Waals surface area contributed by atoms with Gasteiger partial charge in [0.25, 0.3) is 0 Å². The molecule has 0 radical (unpaired) electrons. The molecule has 0 aliphatic carbocycles.